The molecule has 0 saturated heterocycles. The highest BCUT2D eigenvalue weighted by Crippen LogP contribution is 2.28. The number of aromatic nitrogens is 3. The first-order chi connectivity index (χ1) is 12.5. The minimum atomic E-state index is -0.125. The molecule has 8 heteroatoms. The zero-order valence-corrected chi connectivity index (χ0v) is 17.3. The number of amides is 1. The Morgan fingerprint density at radius 3 is 2.77 bits per heavy atom. The third-order valence-corrected chi connectivity index (χ3v) is 5.86. The predicted molar refractivity (Wildman–Crippen MR) is 110 cm³/mol. The zero-order valence-electron chi connectivity index (χ0n) is 14.2. The summed E-state index contributed by atoms with van der Waals surface area (Å²) in [5.74, 6) is 0.846. The minimum Gasteiger partial charge on any atom is -0.325 e. The number of benzene rings is 2. The van der Waals surface area contributed by atoms with Gasteiger partial charge in [-0.1, -0.05) is 63.6 Å². The average Bonchev–Trinajstić information content (AvgIpc) is 2.97. The van der Waals surface area contributed by atoms with Gasteiger partial charge in [0.15, 0.2) is 11.0 Å². The van der Waals surface area contributed by atoms with Gasteiger partial charge in [0.05, 0.1) is 5.75 Å². The molecule has 3 aromatic rings. The van der Waals surface area contributed by atoms with Crippen LogP contribution in [0.1, 0.15) is 5.56 Å². The van der Waals surface area contributed by atoms with Crippen LogP contribution in [-0.2, 0) is 11.8 Å². The van der Waals surface area contributed by atoms with E-state index in [1.165, 1.54) is 11.8 Å². The van der Waals surface area contributed by atoms with Crippen LogP contribution in [0.3, 0.4) is 0 Å². The standard InChI is InChI=1S/C18H16BrClN4OS/c1-11-7-8-12(9-15(11)20)21-16(25)10-26-18-23-22-17(24(18)2)13-5-3-4-6-14(13)19/h3-9H,10H2,1-2H3,(H,21,25). The van der Waals surface area contributed by atoms with Crippen LogP contribution >= 0.6 is 39.3 Å². The molecule has 2 aromatic carbocycles. The van der Waals surface area contributed by atoms with E-state index in [9.17, 15) is 4.79 Å². The van der Waals surface area contributed by atoms with Gasteiger partial charge in [0, 0.05) is 27.8 Å². The van der Waals surface area contributed by atoms with E-state index in [-0.39, 0.29) is 11.7 Å². The third kappa shape index (κ3) is 4.28. The van der Waals surface area contributed by atoms with E-state index in [4.69, 9.17) is 11.6 Å². The van der Waals surface area contributed by atoms with Gasteiger partial charge >= 0.3 is 0 Å². The summed E-state index contributed by atoms with van der Waals surface area (Å²) in [6, 6.07) is 13.3. The highest BCUT2D eigenvalue weighted by Gasteiger charge is 2.14. The van der Waals surface area contributed by atoms with E-state index in [1.807, 2.05) is 54.9 Å². The summed E-state index contributed by atoms with van der Waals surface area (Å²) in [6.45, 7) is 1.92. The second-order valence-electron chi connectivity index (χ2n) is 5.65. The van der Waals surface area contributed by atoms with Gasteiger partial charge < -0.3 is 9.88 Å². The Labute approximate surface area is 169 Å². The number of hydrogen-bond acceptors (Lipinski definition) is 4. The fourth-order valence-electron chi connectivity index (χ4n) is 2.32. The van der Waals surface area contributed by atoms with Crippen molar-refractivity contribution in [1.29, 1.82) is 0 Å². The molecule has 0 spiro atoms. The van der Waals surface area contributed by atoms with Crippen molar-refractivity contribution in [3.05, 3.63) is 57.5 Å². The summed E-state index contributed by atoms with van der Waals surface area (Å²) in [5, 5.41) is 12.6. The number of aryl methyl sites for hydroxylation is 1. The second-order valence-corrected chi connectivity index (χ2v) is 7.85. The molecular formula is C18H16BrClN4OS. The summed E-state index contributed by atoms with van der Waals surface area (Å²) in [4.78, 5) is 12.2. The lowest BCUT2D eigenvalue weighted by Crippen LogP contribution is -2.14. The molecule has 0 fully saturated rings. The van der Waals surface area contributed by atoms with E-state index < -0.39 is 0 Å². The molecule has 1 aromatic heterocycles. The van der Waals surface area contributed by atoms with Crippen LogP contribution in [0.15, 0.2) is 52.1 Å². The van der Waals surface area contributed by atoms with Crippen LogP contribution in [0.25, 0.3) is 11.4 Å². The lowest BCUT2D eigenvalue weighted by atomic mass is 10.2. The molecule has 0 bridgehead atoms. The number of rotatable bonds is 5. The molecule has 0 aliphatic rings. The van der Waals surface area contributed by atoms with Gasteiger partial charge in [-0.3, -0.25) is 4.79 Å². The zero-order chi connectivity index (χ0) is 18.7. The van der Waals surface area contributed by atoms with E-state index in [0.717, 1.165) is 21.4 Å². The molecule has 0 unspecified atom stereocenters. The Morgan fingerprint density at radius 1 is 1.27 bits per heavy atom. The highest BCUT2D eigenvalue weighted by atomic mass is 79.9. The van der Waals surface area contributed by atoms with Crippen molar-refractivity contribution in [3.8, 4) is 11.4 Å². The maximum atomic E-state index is 12.2. The van der Waals surface area contributed by atoms with Gasteiger partial charge in [-0.25, -0.2) is 0 Å². The Morgan fingerprint density at radius 2 is 2.04 bits per heavy atom. The van der Waals surface area contributed by atoms with E-state index in [0.29, 0.717) is 15.9 Å². The molecule has 1 heterocycles. The molecule has 26 heavy (non-hydrogen) atoms. The smallest absolute Gasteiger partial charge is 0.234 e. The van der Waals surface area contributed by atoms with Crippen molar-refractivity contribution in [1.82, 2.24) is 14.8 Å². The summed E-state index contributed by atoms with van der Waals surface area (Å²) in [7, 11) is 1.88. The van der Waals surface area contributed by atoms with E-state index >= 15 is 0 Å². The molecular weight excluding hydrogens is 436 g/mol. The van der Waals surface area contributed by atoms with Gasteiger partial charge in [0.2, 0.25) is 5.91 Å². The van der Waals surface area contributed by atoms with Crippen molar-refractivity contribution >= 4 is 50.9 Å². The normalized spacial score (nSPS) is 10.8. The quantitative estimate of drug-likeness (QED) is 0.558. The van der Waals surface area contributed by atoms with Gasteiger partial charge in [-0.2, -0.15) is 0 Å². The summed E-state index contributed by atoms with van der Waals surface area (Å²) in [6.07, 6.45) is 0. The van der Waals surface area contributed by atoms with Crippen LogP contribution in [0.4, 0.5) is 5.69 Å². The number of hydrogen-bond donors (Lipinski definition) is 1. The second kappa shape index (κ2) is 8.24. The maximum Gasteiger partial charge on any atom is 0.234 e. The molecule has 1 N–H and O–H groups in total. The van der Waals surface area contributed by atoms with Crippen LogP contribution < -0.4 is 5.32 Å². The van der Waals surface area contributed by atoms with Crippen LogP contribution in [0, 0.1) is 6.92 Å². The molecule has 5 nitrogen and oxygen atoms in total. The fourth-order valence-corrected chi connectivity index (χ4v) is 3.67. The van der Waals surface area contributed by atoms with E-state index in [1.54, 1.807) is 6.07 Å². The maximum absolute atomic E-state index is 12.2. The van der Waals surface area contributed by atoms with Gasteiger partial charge in [-0.05, 0) is 30.7 Å². The van der Waals surface area contributed by atoms with Crippen molar-refractivity contribution in [3.63, 3.8) is 0 Å². The number of thioether (sulfide) groups is 1. The third-order valence-electron chi connectivity index (χ3n) is 3.74. The summed E-state index contributed by atoms with van der Waals surface area (Å²) < 4.78 is 2.82. The van der Waals surface area contributed by atoms with Gasteiger partial charge in [0.25, 0.3) is 0 Å². The summed E-state index contributed by atoms with van der Waals surface area (Å²) in [5.41, 5.74) is 2.60. The molecule has 0 saturated carbocycles. The molecule has 0 aliphatic carbocycles. The number of halogens is 2. The molecule has 0 atom stereocenters. The minimum absolute atomic E-state index is 0.125. The molecule has 134 valence electrons. The highest BCUT2D eigenvalue weighted by molar-refractivity contribution is 9.10. The van der Waals surface area contributed by atoms with Crippen molar-refractivity contribution in [2.24, 2.45) is 7.05 Å². The van der Waals surface area contributed by atoms with Gasteiger partial charge in [-0.15, -0.1) is 10.2 Å². The van der Waals surface area contributed by atoms with Crippen LogP contribution in [0.5, 0.6) is 0 Å². The van der Waals surface area contributed by atoms with Gasteiger partial charge in [0.1, 0.15) is 0 Å². The number of nitrogens with zero attached hydrogens (tertiary/aromatic N) is 3. The Hall–Kier alpha value is -1.83. The van der Waals surface area contributed by atoms with E-state index in [2.05, 4.69) is 31.4 Å². The first-order valence-corrected chi connectivity index (χ1v) is 9.94. The Balaban J connectivity index is 1.66. The number of carbonyl (C=O) groups is 1. The lowest BCUT2D eigenvalue weighted by molar-refractivity contribution is -0.113. The predicted octanol–water partition coefficient (Wildman–Crippen LogP) is 4.94. The topological polar surface area (TPSA) is 59.8 Å². The van der Waals surface area contributed by atoms with Crippen LogP contribution in [0.2, 0.25) is 5.02 Å². The SMILES string of the molecule is Cc1ccc(NC(=O)CSc2nnc(-c3ccccc3Br)n2C)cc1Cl. The number of nitrogens with one attached hydrogen (secondary N) is 1. The molecule has 3 rings (SSSR count). The van der Waals surface area contributed by atoms with Crippen molar-refractivity contribution in [2.45, 2.75) is 12.1 Å². The largest absolute Gasteiger partial charge is 0.325 e. The Bertz CT molecular complexity index is 960. The first kappa shape index (κ1) is 18.9. The Kier molecular flexibility index (Phi) is 6.01. The number of carbonyl (C=O) groups excluding carboxylic acids is 1. The molecule has 0 aliphatic heterocycles. The average molecular weight is 452 g/mol. The lowest BCUT2D eigenvalue weighted by Gasteiger charge is -2.07. The molecule has 0 radical (unpaired) electrons. The first-order valence-electron chi connectivity index (χ1n) is 7.79. The fraction of sp³-hybridized carbons (Fsp3) is 0.167. The van der Waals surface area contributed by atoms with Crippen molar-refractivity contribution in [2.75, 3.05) is 11.1 Å². The monoisotopic (exact) mass is 450 g/mol. The molecule has 1 amide bonds. The van der Waals surface area contributed by atoms with Crippen molar-refractivity contribution < 1.29 is 4.79 Å². The summed E-state index contributed by atoms with van der Waals surface area (Å²) >= 11 is 10.9. The number of anilines is 1. The van der Waals surface area contributed by atoms with Crippen LogP contribution in [-0.4, -0.2) is 26.4 Å².